The highest BCUT2D eigenvalue weighted by Crippen LogP contribution is 2.16. The molecule has 0 saturated heterocycles. The monoisotopic (exact) mass is 482 g/mol. The normalized spacial score (nSPS) is 8.47. The molecule has 5 aromatic carbocycles. The Balaban J connectivity index is 0. The molecule has 0 aromatic heterocycles. The highest BCUT2D eigenvalue weighted by Gasteiger charge is 1.92. The van der Waals surface area contributed by atoms with Crippen LogP contribution in [0.4, 0.5) is 0 Å². The lowest BCUT2D eigenvalue weighted by molar-refractivity contribution is 1.48. The molecule has 0 atom stereocenters. The maximum absolute atomic E-state index is 2.20. The van der Waals surface area contributed by atoms with E-state index in [1.807, 2.05) is 59.7 Å². The summed E-state index contributed by atoms with van der Waals surface area (Å²) >= 11 is 0. The molecule has 0 aliphatic carbocycles. The summed E-state index contributed by atoms with van der Waals surface area (Å²) in [5.41, 5.74) is 3.99. The molecule has 0 aliphatic rings. The average molecular weight is 483 g/mol. The van der Waals surface area contributed by atoms with E-state index >= 15 is 0 Å². The summed E-state index contributed by atoms with van der Waals surface area (Å²) in [6.07, 6.45) is 0. The number of hydrogen-bond acceptors (Lipinski definition) is 0. The van der Waals surface area contributed by atoms with Gasteiger partial charge in [0.15, 0.2) is 0 Å². The highest BCUT2D eigenvalue weighted by atomic mass is 14.0. The maximum atomic E-state index is 2.20. The Morgan fingerprint density at radius 2 is 0.833 bits per heavy atom. The van der Waals surface area contributed by atoms with Gasteiger partial charge in [0.2, 0.25) is 0 Å². The van der Waals surface area contributed by atoms with Gasteiger partial charge in [-0.2, -0.15) is 0 Å². The van der Waals surface area contributed by atoms with Crippen molar-refractivity contribution in [3.63, 3.8) is 0 Å². The molecule has 0 heterocycles. The Labute approximate surface area is 223 Å². The highest BCUT2D eigenvalue weighted by molar-refractivity contribution is 5.85. The Hall–Kier alpha value is -3.38. The summed E-state index contributed by atoms with van der Waals surface area (Å²) in [4.78, 5) is 0. The Morgan fingerprint density at radius 1 is 0.361 bits per heavy atom. The zero-order valence-electron chi connectivity index (χ0n) is 23.5. The van der Waals surface area contributed by atoms with Crippen molar-refractivity contribution in [1.29, 1.82) is 0 Å². The van der Waals surface area contributed by atoms with Crippen molar-refractivity contribution in [2.75, 3.05) is 0 Å². The van der Waals surface area contributed by atoms with Gasteiger partial charge in [-0.25, -0.2) is 0 Å². The molecule has 5 rings (SSSR count). The average Bonchev–Trinajstić information content (AvgIpc) is 2.93. The third kappa shape index (κ3) is 12.9. The van der Waals surface area contributed by atoms with Gasteiger partial charge in [0, 0.05) is 0 Å². The van der Waals surface area contributed by atoms with Crippen molar-refractivity contribution in [1.82, 2.24) is 0 Å². The molecular formula is C36H50. The molecule has 0 heteroatoms. The van der Waals surface area contributed by atoms with Gasteiger partial charge in [0.25, 0.3) is 0 Å². The molecule has 0 spiro atoms. The SMILES string of the molecule is C.CC.CC.CC.Cc1ccc2ccccc2c1.Cc1cccc2ccccc12.Cc1ccccc1. The van der Waals surface area contributed by atoms with Crippen LogP contribution in [0.5, 0.6) is 0 Å². The quantitative estimate of drug-likeness (QED) is 0.206. The van der Waals surface area contributed by atoms with Crippen LogP contribution >= 0.6 is 0 Å². The van der Waals surface area contributed by atoms with Gasteiger partial charge >= 0.3 is 0 Å². The first kappa shape index (κ1) is 34.8. The van der Waals surface area contributed by atoms with E-state index in [0.29, 0.717) is 0 Å². The zero-order chi connectivity index (χ0) is 26.5. The zero-order valence-corrected chi connectivity index (χ0v) is 23.5. The van der Waals surface area contributed by atoms with Crippen LogP contribution in [0.3, 0.4) is 0 Å². The van der Waals surface area contributed by atoms with Crippen LogP contribution in [0.25, 0.3) is 21.5 Å². The smallest absolute Gasteiger partial charge is 0.0155 e. The van der Waals surface area contributed by atoms with E-state index in [1.165, 1.54) is 38.2 Å². The molecule has 0 nitrogen and oxygen atoms in total. The third-order valence-electron chi connectivity index (χ3n) is 4.85. The van der Waals surface area contributed by atoms with E-state index in [1.54, 1.807) is 0 Å². The first-order chi connectivity index (χ1) is 17.1. The standard InChI is InChI=1S/2C11H10.C7H8.3C2H6.CH4/c1-9-5-4-7-10-6-2-3-8-11(9)10;1-9-6-7-10-4-2-3-5-11(10)8-9;1-7-5-3-2-4-6-7;3*1-2;/h2*2-8H,1H3;2-6H,1H3;3*1-2H3;1H4. The summed E-state index contributed by atoms with van der Waals surface area (Å²) in [5, 5.41) is 5.33. The van der Waals surface area contributed by atoms with Crippen LogP contribution in [0.1, 0.15) is 65.7 Å². The molecule has 0 N–H and O–H groups in total. The van der Waals surface area contributed by atoms with Gasteiger partial charge in [-0.05, 0) is 47.9 Å². The van der Waals surface area contributed by atoms with E-state index in [9.17, 15) is 0 Å². The molecule has 0 fully saturated rings. The lowest BCUT2D eigenvalue weighted by Gasteiger charge is -1.98. The molecule has 0 radical (unpaired) electrons. The van der Waals surface area contributed by atoms with Crippen LogP contribution in [0, 0.1) is 20.8 Å². The van der Waals surface area contributed by atoms with Crippen LogP contribution < -0.4 is 0 Å². The molecule has 5 aromatic rings. The lowest BCUT2D eigenvalue weighted by atomic mass is 10.1. The number of fused-ring (bicyclic) bond motifs is 2. The van der Waals surface area contributed by atoms with Gasteiger partial charge in [-0.3, -0.25) is 0 Å². The van der Waals surface area contributed by atoms with E-state index in [-0.39, 0.29) is 7.43 Å². The first-order valence-electron chi connectivity index (χ1n) is 13.0. The predicted molar refractivity (Wildman–Crippen MR) is 169 cm³/mol. The van der Waals surface area contributed by atoms with E-state index in [4.69, 9.17) is 0 Å². The van der Waals surface area contributed by atoms with Crippen molar-refractivity contribution in [2.24, 2.45) is 0 Å². The second-order valence-corrected chi connectivity index (χ2v) is 7.30. The molecule has 36 heavy (non-hydrogen) atoms. The van der Waals surface area contributed by atoms with Gasteiger partial charge in [-0.1, -0.05) is 175 Å². The van der Waals surface area contributed by atoms with E-state index in [0.717, 1.165) is 0 Å². The minimum Gasteiger partial charge on any atom is -0.0776 e. The van der Waals surface area contributed by atoms with Crippen LogP contribution in [0.15, 0.2) is 115 Å². The van der Waals surface area contributed by atoms with E-state index < -0.39 is 0 Å². The molecule has 0 aliphatic heterocycles. The van der Waals surface area contributed by atoms with Gasteiger partial charge in [0.05, 0.1) is 0 Å². The van der Waals surface area contributed by atoms with Gasteiger partial charge < -0.3 is 0 Å². The van der Waals surface area contributed by atoms with Crippen LogP contribution in [-0.4, -0.2) is 0 Å². The maximum Gasteiger partial charge on any atom is -0.0155 e. The fraction of sp³-hybridized carbons (Fsp3) is 0.278. The Kier molecular flexibility index (Phi) is 21.4. The third-order valence-corrected chi connectivity index (χ3v) is 4.85. The van der Waals surface area contributed by atoms with Gasteiger partial charge in [0.1, 0.15) is 0 Å². The minimum atomic E-state index is 0. The molecule has 194 valence electrons. The first-order valence-corrected chi connectivity index (χ1v) is 13.0. The van der Waals surface area contributed by atoms with Crippen molar-refractivity contribution in [3.8, 4) is 0 Å². The van der Waals surface area contributed by atoms with E-state index in [2.05, 4.69) is 118 Å². The van der Waals surface area contributed by atoms with Crippen molar-refractivity contribution in [3.05, 3.63) is 132 Å². The molecule has 0 amide bonds. The number of aryl methyl sites for hydroxylation is 3. The van der Waals surface area contributed by atoms with Crippen molar-refractivity contribution in [2.45, 2.75) is 69.7 Å². The number of hydrogen-bond donors (Lipinski definition) is 0. The molecular weight excluding hydrogens is 432 g/mol. The molecule has 0 saturated carbocycles. The second kappa shape index (κ2) is 22.1. The van der Waals surface area contributed by atoms with Crippen LogP contribution in [0.2, 0.25) is 0 Å². The Bertz CT molecular complexity index is 1160. The van der Waals surface area contributed by atoms with Crippen LogP contribution in [-0.2, 0) is 0 Å². The second-order valence-electron chi connectivity index (χ2n) is 7.30. The molecule has 0 bridgehead atoms. The largest absolute Gasteiger partial charge is 0.0776 e. The van der Waals surface area contributed by atoms with Gasteiger partial charge in [-0.15, -0.1) is 0 Å². The minimum absolute atomic E-state index is 0. The number of benzene rings is 5. The van der Waals surface area contributed by atoms with Crippen molar-refractivity contribution >= 4 is 21.5 Å². The fourth-order valence-corrected chi connectivity index (χ4v) is 3.23. The summed E-state index contributed by atoms with van der Waals surface area (Å²) in [7, 11) is 0. The Morgan fingerprint density at radius 3 is 1.36 bits per heavy atom. The number of rotatable bonds is 0. The summed E-state index contributed by atoms with van der Waals surface area (Å²) in [6.45, 7) is 18.3. The lowest BCUT2D eigenvalue weighted by Crippen LogP contribution is -1.75. The summed E-state index contributed by atoms with van der Waals surface area (Å²) in [6, 6.07) is 40.0. The molecule has 0 unspecified atom stereocenters. The predicted octanol–water partition coefficient (Wildman–Crippen LogP) is 12.0. The topological polar surface area (TPSA) is 0 Å². The van der Waals surface area contributed by atoms with Crippen molar-refractivity contribution < 1.29 is 0 Å². The fourth-order valence-electron chi connectivity index (χ4n) is 3.23. The summed E-state index contributed by atoms with van der Waals surface area (Å²) in [5.74, 6) is 0. The summed E-state index contributed by atoms with van der Waals surface area (Å²) < 4.78 is 0.